The normalized spacial score (nSPS) is 21.1. The van der Waals surface area contributed by atoms with Gasteiger partial charge in [-0.2, -0.15) is 0 Å². The first kappa shape index (κ1) is 17.3. The lowest BCUT2D eigenvalue weighted by Crippen LogP contribution is -2.38. The molecular weight excluding hydrogens is 380 g/mol. The van der Waals surface area contributed by atoms with Gasteiger partial charge in [0.1, 0.15) is 5.70 Å². The molecule has 0 saturated carbocycles. The Morgan fingerprint density at radius 2 is 2.04 bits per heavy atom. The Morgan fingerprint density at radius 3 is 2.82 bits per heavy atom. The molecule has 3 aliphatic rings. The van der Waals surface area contributed by atoms with Crippen LogP contribution in [0.15, 0.2) is 41.4 Å². The summed E-state index contributed by atoms with van der Waals surface area (Å²) in [6.45, 7) is 1.13. The molecule has 2 aromatic rings. The topological polar surface area (TPSA) is 77.1 Å². The minimum atomic E-state index is -0.332. The molecule has 1 saturated heterocycles. The van der Waals surface area contributed by atoms with Crippen LogP contribution in [0.4, 0.5) is 5.69 Å². The molecular formula is C20H18N2O5S. The number of fused-ring (bicyclic) bond motifs is 1. The van der Waals surface area contributed by atoms with Gasteiger partial charge in [0.2, 0.25) is 6.79 Å². The highest BCUT2D eigenvalue weighted by atomic mass is 32.1. The van der Waals surface area contributed by atoms with Crippen LogP contribution < -0.4 is 14.8 Å². The van der Waals surface area contributed by atoms with Crippen molar-refractivity contribution in [1.82, 2.24) is 4.90 Å². The van der Waals surface area contributed by atoms with Crippen molar-refractivity contribution in [2.24, 2.45) is 0 Å². The van der Waals surface area contributed by atoms with Crippen LogP contribution in [0.25, 0.3) is 5.57 Å². The van der Waals surface area contributed by atoms with Crippen molar-refractivity contribution in [3.05, 3.63) is 46.3 Å². The Kier molecular flexibility index (Phi) is 4.29. The van der Waals surface area contributed by atoms with E-state index in [2.05, 4.69) is 5.32 Å². The molecule has 0 spiro atoms. The third-order valence-electron chi connectivity index (χ3n) is 4.99. The zero-order valence-corrected chi connectivity index (χ0v) is 15.8. The predicted octanol–water partition coefficient (Wildman–Crippen LogP) is 2.85. The Balaban J connectivity index is 1.48. The standard InChI is InChI=1S/C20H18N2O5S/c23-19-17(16-4-2-8-28-16)18(20(24)22(19)10-13-3-1-7-25-13)21-12-5-6-14-15(9-12)27-11-26-14/h2,4-6,8-9,13,21H,1,3,7,10-11H2. The van der Waals surface area contributed by atoms with Crippen molar-refractivity contribution in [2.75, 3.05) is 25.3 Å². The molecule has 5 rings (SSSR count). The van der Waals surface area contributed by atoms with Crippen molar-refractivity contribution >= 4 is 34.4 Å². The van der Waals surface area contributed by atoms with Crippen molar-refractivity contribution in [3.63, 3.8) is 0 Å². The van der Waals surface area contributed by atoms with Gasteiger partial charge in [0.25, 0.3) is 11.8 Å². The molecule has 0 radical (unpaired) electrons. The number of hydrogen-bond acceptors (Lipinski definition) is 7. The number of nitrogens with one attached hydrogen (secondary N) is 1. The van der Waals surface area contributed by atoms with E-state index in [1.807, 2.05) is 17.5 Å². The summed E-state index contributed by atoms with van der Waals surface area (Å²) in [4.78, 5) is 28.3. The molecule has 7 nitrogen and oxygen atoms in total. The van der Waals surface area contributed by atoms with E-state index in [0.29, 0.717) is 29.4 Å². The number of carbonyl (C=O) groups excluding carboxylic acids is 2. The van der Waals surface area contributed by atoms with Gasteiger partial charge in [0.05, 0.1) is 18.2 Å². The summed E-state index contributed by atoms with van der Waals surface area (Å²) in [7, 11) is 0. The number of amides is 2. The Morgan fingerprint density at radius 1 is 1.14 bits per heavy atom. The predicted molar refractivity (Wildman–Crippen MR) is 103 cm³/mol. The van der Waals surface area contributed by atoms with E-state index < -0.39 is 0 Å². The number of benzene rings is 1. The number of rotatable bonds is 5. The lowest BCUT2D eigenvalue weighted by molar-refractivity contribution is -0.138. The van der Waals surface area contributed by atoms with Gasteiger partial charge in [-0.25, -0.2) is 0 Å². The second-order valence-electron chi connectivity index (χ2n) is 6.78. The molecule has 144 valence electrons. The Hall–Kier alpha value is -2.84. The number of thiophene rings is 1. The molecule has 3 aliphatic heterocycles. The summed E-state index contributed by atoms with van der Waals surface area (Å²) in [5, 5.41) is 5.03. The van der Waals surface area contributed by atoms with Crippen molar-refractivity contribution in [2.45, 2.75) is 18.9 Å². The van der Waals surface area contributed by atoms with Crippen LogP contribution in [0.3, 0.4) is 0 Å². The van der Waals surface area contributed by atoms with Gasteiger partial charge in [-0.1, -0.05) is 6.07 Å². The third-order valence-corrected chi connectivity index (χ3v) is 5.88. The molecule has 8 heteroatoms. The first-order valence-electron chi connectivity index (χ1n) is 9.13. The van der Waals surface area contributed by atoms with Crippen molar-refractivity contribution in [1.29, 1.82) is 0 Å². The van der Waals surface area contributed by atoms with E-state index in [-0.39, 0.29) is 37.0 Å². The van der Waals surface area contributed by atoms with E-state index in [9.17, 15) is 9.59 Å². The fourth-order valence-electron chi connectivity index (χ4n) is 3.62. The van der Waals surface area contributed by atoms with Crippen LogP contribution in [0.2, 0.25) is 0 Å². The van der Waals surface area contributed by atoms with Crippen LogP contribution in [0, 0.1) is 0 Å². The van der Waals surface area contributed by atoms with E-state index in [1.54, 1.807) is 18.2 Å². The molecule has 0 bridgehead atoms. The molecule has 1 atom stereocenters. The summed E-state index contributed by atoms with van der Waals surface area (Å²) in [5.41, 5.74) is 1.34. The van der Waals surface area contributed by atoms with E-state index in [0.717, 1.165) is 17.7 Å². The summed E-state index contributed by atoms with van der Waals surface area (Å²) >= 11 is 1.43. The van der Waals surface area contributed by atoms with Gasteiger partial charge in [-0.15, -0.1) is 11.3 Å². The van der Waals surface area contributed by atoms with Gasteiger partial charge in [0.15, 0.2) is 11.5 Å². The van der Waals surface area contributed by atoms with Gasteiger partial charge < -0.3 is 19.5 Å². The minimum absolute atomic E-state index is 0.0950. The van der Waals surface area contributed by atoms with E-state index in [1.165, 1.54) is 16.2 Å². The lowest BCUT2D eigenvalue weighted by atomic mass is 10.1. The minimum Gasteiger partial charge on any atom is -0.454 e. The summed E-state index contributed by atoms with van der Waals surface area (Å²) in [6.07, 6.45) is 1.72. The lowest BCUT2D eigenvalue weighted by Gasteiger charge is -2.19. The van der Waals surface area contributed by atoms with Crippen molar-refractivity contribution < 1.29 is 23.8 Å². The summed E-state index contributed by atoms with van der Waals surface area (Å²) in [6, 6.07) is 9.06. The molecule has 1 N–H and O–H groups in total. The molecule has 2 amide bonds. The van der Waals surface area contributed by atoms with Crippen LogP contribution >= 0.6 is 11.3 Å². The maximum atomic E-state index is 13.1. The smallest absolute Gasteiger partial charge is 0.278 e. The van der Waals surface area contributed by atoms with Crippen LogP contribution in [-0.2, 0) is 14.3 Å². The van der Waals surface area contributed by atoms with E-state index in [4.69, 9.17) is 14.2 Å². The average Bonchev–Trinajstić information content (AvgIpc) is 3.48. The van der Waals surface area contributed by atoms with Gasteiger partial charge in [-0.05, 0) is 36.4 Å². The molecule has 1 fully saturated rings. The molecule has 1 unspecified atom stereocenters. The van der Waals surface area contributed by atoms with Crippen molar-refractivity contribution in [3.8, 4) is 11.5 Å². The largest absolute Gasteiger partial charge is 0.454 e. The van der Waals surface area contributed by atoms with Crippen LogP contribution in [-0.4, -0.2) is 42.8 Å². The maximum Gasteiger partial charge on any atom is 0.278 e. The van der Waals surface area contributed by atoms with Crippen LogP contribution in [0.1, 0.15) is 17.7 Å². The Labute approximate surface area is 165 Å². The van der Waals surface area contributed by atoms with Gasteiger partial charge in [-0.3, -0.25) is 14.5 Å². The van der Waals surface area contributed by atoms with Gasteiger partial charge in [0, 0.05) is 23.2 Å². The molecule has 28 heavy (non-hydrogen) atoms. The quantitative estimate of drug-likeness (QED) is 0.781. The number of carbonyl (C=O) groups is 2. The number of hydrogen-bond donors (Lipinski definition) is 1. The fraction of sp³-hybridized carbons (Fsp3) is 0.300. The second-order valence-corrected chi connectivity index (χ2v) is 7.72. The Bertz CT molecular complexity index is 963. The highest BCUT2D eigenvalue weighted by molar-refractivity contribution is 7.11. The second kappa shape index (κ2) is 6.96. The average molecular weight is 398 g/mol. The molecule has 0 aliphatic carbocycles. The number of ether oxygens (including phenoxy) is 3. The first-order chi connectivity index (χ1) is 13.7. The number of imide groups is 1. The molecule has 1 aromatic heterocycles. The number of anilines is 1. The molecule has 1 aromatic carbocycles. The maximum absolute atomic E-state index is 13.1. The highest BCUT2D eigenvalue weighted by Crippen LogP contribution is 2.37. The third kappa shape index (κ3) is 2.94. The highest BCUT2D eigenvalue weighted by Gasteiger charge is 2.41. The number of nitrogens with zero attached hydrogens (tertiary/aromatic N) is 1. The summed E-state index contributed by atoms with van der Waals surface area (Å²) in [5.74, 6) is 0.649. The molecule has 4 heterocycles. The SMILES string of the molecule is O=C1C(Nc2ccc3c(c2)OCO3)=C(c2cccs2)C(=O)N1CC1CCCO1. The summed E-state index contributed by atoms with van der Waals surface area (Å²) < 4.78 is 16.4. The fourth-order valence-corrected chi connectivity index (χ4v) is 4.39. The van der Waals surface area contributed by atoms with Crippen LogP contribution in [0.5, 0.6) is 11.5 Å². The zero-order valence-electron chi connectivity index (χ0n) is 15.0. The monoisotopic (exact) mass is 398 g/mol. The zero-order chi connectivity index (χ0) is 19.1. The van der Waals surface area contributed by atoms with E-state index >= 15 is 0 Å². The first-order valence-corrected chi connectivity index (χ1v) is 10.0. The van der Waals surface area contributed by atoms with Gasteiger partial charge >= 0.3 is 0 Å².